The Hall–Kier alpha value is -2.19. The zero-order valence-electron chi connectivity index (χ0n) is 13.6. The van der Waals surface area contributed by atoms with Gasteiger partial charge in [-0.1, -0.05) is 6.07 Å². The number of phenolic OH excluding ortho intramolecular Hbond substituents is 1. The minimum Gasteiger partial charge on any atom is -0.507 e. The fraction of sp³-hybridized carbons (Fsp3) is 0.375. The second-order valence-electron chi connectivity index (χ2n) is 5.85. The Morgan fingerprint density at radius 1 is 1.38 bits per heavy atom. The summed E-state index contributed by atoms with van der Waals surface area (Å²) >= 11 is 0. The van der Waals surface area contributed by atoms with Gasteiger partial charge in [-0.3, -0.25) is 4.90 Å². The maximum absolute atomic E-state index is 11.5. The fourth-order valence-corrected chi connectivity index (χ4v) is 3.24. The van der Waals surface area contributed by atoms with E-state index >= 15 is 0 Å². The molecule has 1 N–H and O–H groups in total. The molecule has 0 saturated carbocycles. The SMILES string of the molecule is COc1ccc(CN2CCc3nc(S(C)(=O)=O)ncc3C2)c(O)c1. The highest BCUT2D eigenvalue weighted by molar-refractivity contribution is 7.90. The fourth-order valence-electron chi connectivity index (χ4n) is 2.72. The van der Waals surface area contributed by atoms with Crippen LogP contribution >= 0.6 is 0 Å². The summed E-state index contributed by atoms with van der Waals surface area (Å²) in [5.41, 5.74) is 2.51. The van der Waals surface area contributed by atoms with Crippen LogP contribution < -0.4 is 4.74 Å². The van der Waals surface area contributed by atoms with E-state index < -0.39 is 9.84 Å². The second-order valence-corrected chi connectivity index (χ2v) is 7.76. The van der Waals surface area contributed by atoms with E-state index in [9.17, 15) is 13.5 Å². The monoisotopic (exact) mass is 349 g/mol. The first-order valence-electron chi connectivity index (χ1n) is 7.50. The molecule has 2 aromatic rings. The number of nitrogens with zero attached hydrogens (tertiary/aromatic N) is 3. The van der Waals surface area contributed by atoms with Crippen molar-refractivity contribution in [2.24, 2.45) is 0 Å². The quantitative estimate of drug-likeness (QED) is 0.828. The van der Waals surface area contributed by atoms with E-state index in [2.05, 4.69) is 14.9 Å². The molecule has 3 rings (SSSR count). The number of hydrogen-bond donors (Lipinski definition) is 1. The highest BCUT2D eigenvalue weighted by atomic mass is 32.2. The lowest BCUT2D eigenvalue weighted by Crippen LogP contribution is -2.31. The molecule has 1 aliphatic rings. The highest BCUT2D eigenvalue weighted by Gasteiger charge is 2.21. The number of rotatable bonds is 4. The second kappa shape index (κ2) is 6.37. The van der Waals surface area contributed by atoms with E-state index in [0.29, 0.717) is 25.3 Å². The van der Waals surface area contributed by atoms with Crippen molar-refractivity contribution >= 4 is 9.84 Å². The van der Waals surface area contributed by atoms with E-state index in [1.54, 1.807) is 19.4 Å². The molecule has 0 spiro atoms. The lowest BCUT2D eigenvalue weighted by molar-refractivity contribution is 0.239. The van der Waals surface area contributed by atoms with Gasteiger partial charge < -0.3 is 9.84 Å². The smallest absolute Gasteiger partial charge is 0.246 e. The summed E-state index contributed by atoms with van der Waals surface area (Å²) in [6.07, 6.45) is 3.34. The molecule has 24 heavy (non-hydrogen) atoms. The molecule has 1 aliphatic heterocycles. The highest BCUT2D eigenvalue weighted by Crippen LogP contribution is 2.26. The van der Waals surface area contributed by atoms with Crippen LogP contribution in [0.2, 0.25) is 0 Å². The summed E-state index contributed by atoms with van der Waals surface area (Å²) in [5, 5.41) is 9.95. The topological polar surface area (TPSA) is 92.6 Å². The summed E-state index contributed by atoms with van der Waals surface area (Å²) in [5.74, 6) is 0.811. The van der Waals surface area contributed by atoms with Gasteiger partial charge in [-0.05, 0) is 6.07 Å². The van der Waals surface area contributed by atoms with Crippen molar-refractivity contribution in [2.75, 3.05) is 19.9 Å². The van der Waals surface area contributed by atoms with Crippen molar-refractivity contribution in [3.63, 3.8) is 0 Å². The zero-order chi connectivity index (χ0) is 17.3. The van der Waals surface area contributed by atoms with Gasteiger partial charge in [0.15, 0.2) is 0 Å². The van der Waals surface area contributed by atoms with Crippen LogP contribution in [0, 0.1) is 0 Å². The van der Waals surface area contributed by atoms with Gasteiger partial charge in [-0.15, -0.1) is 0 Å². The molecule has 0 unspecified atom stereocenters. The number of benzene rings is 1. The molecule has 8 heteroatoms. The molecule has 2 heterocycles. The van der Waals surface area contributed by atoms with Crippen LogP contribution in [-0.2, 0) is 29.3 Å². The van der Waals surface area contributed by atoms with Crippen molar-refractivity contribution in [3.05, 3.63) is 41.2 Å². The number of aromatic nitrogens is 2. The Labute approximate surface area is 140 Å². The molecule has 0 radical (unpaired) electrons. The van der Waals surface area contributed by atoms with Crippen molar-refractivity contribution in [2.45, 2.75) is 24.7 Å². The maximum Gasteiger partial charge on any atom is 0.246 e. The van der Waals surface area contributed by atoms with E-state index in [1.807, 2.05) is 12.1 Å². The molecule has 0 fully saturated rings. The predicted molar refractivity (Wildman–Crippen MR) is 87.6 cm³/mol. The molecule has 0 atom stereocenters. The van der Waals surface area contributed by atoms with Crippen molar-refractivity contribution in [1.82, 2.24) is 14.9 Å². The molecule has 0 bridgehead atoms. The molecule has 0 saturated heterocycles. The first-order chi connectivity index (χ1) is 11.4. The van der Waals surface area contributed by atoms with Crippen LogP contribution in [0.1, 0.15) is 16.8 Å². The Balaban J connectivity index is 1.76. The van der Waals surface area contributed by atoms with Crippen molar-refractivity contribution < 1.29 is 18.3 Å². The average molecular weight is 349 g/mol. The van der Waals surface area contributed by atoms with Gasteiger partial charge in [0, 0.05) is 55.7 Å². The van der Waals surface area contributed by atoms with Crippen LogP contribution in [0.5, 0.6) is 11.5 Å². The summed E-state index contributed by atoms with van der Waals surface area (Å²) in [6, 6.07) is 5.25. The van der Waals surface area contributed by atoms with Crippen LogP contribution in [0.15, 0.2) is 29.6 Å². The Morgan fingerprint density at radius 3 is 2.83 bits per heavy atom. The number of ether oxygens (including phenoxy) is 1. The Kier molecular flexibility index (Phi) is 4.42. The average Bonchev–Trinajstić information content (AvgIpc) is 2.55. The van der Waals surface area contributed by atoms with E-state index in [-0.39, 0.29) is 10.9 Å². The normalized spacial score (nSPS) is 15.1. The van der Waals surface area contributed by atoms with Gasteiger partial charge >= 0.3 is 0 Å². The molecule has 7 nitrogen and oxygen atoms in total. The lowest BCUT2D eigenvalue weighted by atomic mass is 10.1. The van der Waals surface area contributed by atoms with Crippen LogP contribution in [0.3, 0.4) is 0 Å². The summed E-state index contributed by atoms with van der Waals surface area (Å²) in [6.45, 7) is 1.94. The maximum atomic E-state index is 11.5. The lowest BCUT2D eigenvalue weighted by Gasteiger charge is -2.28. The van der Waals surface area contributed by atoms with E-state index in [4.69, 9.17) is 4.74 Å². The van der Waals surface area contributed by atoms with Gasteiger partial charge in [0.05, 0.1) is 12.8 Å². The van der Waals surface area contributed by atoms with Gasteiger partial charge in [-0.25, -0.2) is 18.4 Å². The summed E-state index contributed by atoms with van der Waals surface area (Å²) < 4.78 is 28.2. The van der Waals surface area contributed by atoms with Crippen molar-refractivity contribution in [3.8, 4) is 11.5 Å². The largest absolute Gasteiger partial charge is 0.507 e. The molecular weight excluding hydrogens is 330 g/mol. The van der Waals surface area contributed by atoms with Crippen molar-refractivity contribution in [1.29, 1.82) is 0 Å². The molecular formula is C16H19N3O4S. The van der Waals surface area contributed by atoms with Gasteiger partial charge in [-0.2, -0.15) is 0 Å². The zero-order valence-corrected chi connectivity index (χ0v) is 14.4. The molecule has 0 aliphatic carbocycles. The van der Waals surface area contributed by atoms with Gasteiger partial charge in [0.25, 0.3) is 0 Å². The van der Waals surface area contributed by atoms with E-state index in [1.165, 1.54) is 0 Å². The number of phenols is 1. The third-order valence-electron chi connectivity index (χ3n) is 4.01. The standard InChI is InChI=1S/C16H19N3O4S/c1-23-13-4-3-11(15(20)7-13)9-19-6-5-14-12(10-19)8-17-16(18-14)24(2,21)22/h3-4,7-8,20H,5-6,9-10H2,1-2H3. The first-order valence-corrected chi connectivity index (χ1v) is 9.39. The molecule has 1 aromatic carbocycles. The minimum absolute atomic E-state index is 0.123. The van der Waals surface area contributed by atoms with Crippen LogP contribution in [0.25, 0.3) is 0 Å². The summed E-state index contributed by atoms with van der Waals surface area (Å²) in [7, 11) is -1.84. The van der Waals surface area contributed by atoms with E-state index in [0.717, 1.165) is 29.6 Å². The third-order valence-corrected chi connectivity index (χ3v) is 4.87. The minimum atomic E-state index is -3.39. The number of hydrogen-bond acceptors (Lipinski definition) is 7. The number of aromatic hydroxyl groups is 1. The van der Waals surface area contributed by atoms with Gasteiger partial charge in [0.2, 0.25) is 15.0 Å². The third kappa shape index (κ3) is 3.49. The predicted octanol–water partition coefficient (Wildman–Crippen LogP) is 1.15. The molecule has 128 valence electrons. The number of sulfone groups is 1. The summed E-state index contributed by atoms with van der Waals surface area (Å²) in [4.78, 5) is 10.3. The Morgan fingerprint density at radius 2 is 2.17 bits per heavy atom. The Bertz CT molecular complexity index is 868. The first kappa shape index (κ1) is 16.7. The number of methoxy groups -OCH3 is 1. The molecule has 1 aromatic heterocycles. The van der Waals surface area contributed by atoms with Crippen LogP contribution in [-0.4, -0.2) is 48.3 Å². The molecule has 0 amide bonds. The van der Waals surface area contributed by atoms with Gasteiger partial charge in [0.1, 0.15) is 11.5 Å². The number of fused-ring (bicyclic) bond motifs is 1. The van der Waals surface area contributed by atoms with Crippen LogP contribution in [0.4, 0.5) is 0 Å².